The van der Waals surface area contributed by atoms with Crippen molar-refractivity contribution in [3.05, 3.63) is 35.4 Å². The lowest BCUT2D eigenvalue weighted by Gasteiger charge is -2.31. The standard InChI is InChI=1S/C15H23N3O/c1-18(14-8-3-2-4-9-14)11-12-6-5-7-13(10-12)15(16)17-19/h5-7,10,14,19H,2-4,8-9,11H2,1H3,(H2,16,17). The summed E-state index contributed by atoms with van der Waals surface area (Å²) in [4.78, 5) is 2.42. The summed E-state index contributed by atoms with van der Waals surface area (Å²) in [5.74, 6) is 0.169. The largest absolute Gasteiger partial charge is 0.409 e. The molecule has 0 bridgehead atoms. The second kappa shape index (κ2) is 6.57. The highest BCUT2D eigenvalue weighted by molar-refractivity contribution is 5.97. The van der Waals surface area contributed by atoms with Crippen LogP contribution >= 0.6 is 0 Å². The van der Waals surface area contributed by atoms with E-state index in [2.05, 4.69) is 23.2 Å². The molecule has 0 spiro atoms. The number of nitrogens with two attached hydrogens (primary N) is 1. The van der Waals surface area contributed by atoms with Gasteiger partial charge in [-0.2, -0.15) is 0 Å². The Morgan fingerprint density at radius 2 is 2.11 bits per heavy atom. The molecule has 0 saturated heterocycles. The third-order valence-electron chi connectivity index (χ3n) is 3.96. The maximum Gasteiger partial charge on any atom is 0.170 e. The fraction of sp³-hybridized carbons (Fsp3) is 0.533. The highest BCUT2D eigenvalue weighted by atomic mass is 16.4. The summed E-state index contributed by atoms with van der Waals surface area (Å²) < 4.78 is 0. The average Bonchev–Trinajstić information content (AvgIpc) is 2.47. The van der Waals surface area contributed by atoms with Gasteiger partial charge in [0.15, 0.2) is 5.84 Å². The summed E-state index contributed by atoms with van der Waals surface area (Å²) in [6.45, 7) is 0.914. The van der Waals surface area contributed by atoms with Crippen molar-refractivity contribution in [1.82, 2.24) is 4.90 Å². The average molecular weight is 261 g/mol. The minimum Gasteiger partial charge on any atom is -0.409 e. The molecule has 0 amide bonds. The summed E-state index contributed by atoms with van der Waals surface area (Å²) in [7, 11) is 2.19. The van der Waals surface area contributed by atoms with Gasteiger partial charge >= 0.3 is 0 Å². The molecule has 4 heteroatoms. The van der Waals surface area contributed by atoms with Crippen molar-refractivity contribution < 1.29 is 5.21 Å². The van der Waals surface area contributed by atoms with Crippen LogP contribution in [0.5, 0.6) is 0 Å². The Morgan fingerprint density at radius 1 is 1.37 bits per heavy atom. The maximum absolute atomic E-state index is 8.72. The number of hydrogen-bond acceptors (Lipinski definition) is 3. The van der Waals surface area contributed by atoms with Gasteiger partial charge in [-0.3, -0.25) is 4.90 Å². The molecule has 1 aliphatic rings. The molecular weight excluding hydrogens is 238 g/mol. The molecule has 1 aromatic carbocycles. The first kappa shape index (κ1) is 13.9. The van der Waals surface area contributed by atoms with Crippen molar-refractivity contribution in [3.8, 4) is 0 Å². The SMILES string of the molecule is CN(Cc1cccc(/C(N)=N/O)c1)C1CCCCC1. The Hall–Kier alpha value is -1.55. The van der Waals surface area contributed by atoms with E-state index in [1.807, 2.05) is 18.2 Å². The zero-order valence-corrected chi connectivity index (χ0v) is 11.5. The van der Waals surface area contributed by atoms with Crippen molar-refractivity contribution in [3.63, 3.8) is 0 Å². The van der Waals surface area contributed by atoms with Crippen LogP contribution in [0.25, 0.3) is 0 Å². The lowest BCUT2D eigenvalue weighted by atomic mass is 9.94. The number of rotatable bonds is 4. The summed E-state index contributed by atoms with van der Waals surface area (Å²) >= 11 is 0. The molecule has 2 rings (SSSR count). The molecule has 1 fully saturated rings. The Bertz CT molecular complexity index is 439. The summed E-state index contributed by atoms with van der Waals surface area (Å²) in [6, 6.07) is 8.60. The van der Waals surface area contributed by atoms with E-state index < -0.39 is 0 Å². The maximum atomic E-state index is 8.72. The summed E-state index contributed by atoms with van der Waals surface area (Å²) in [5, 5.41) is 11.8. The van der Waals surface area contributed by atoms with Crippen LogP contribution in [0.1, 0.15) is 43.2 Å². The van der Waals surface area contributed by atoms with Gasteiger partial charge in [0, 0.05) is 18.2 Å². The van der Waals surface area contributed by atoms with Gasteiger partial charge in [0.25, 0.3) is 0 Å². The van der Waals surface area contributed by atoms with E-state index in [1.165, 1.54) is 37.7 Å². The molecule has 104 valence electrons. The van der Waals surface area contributed by atoms with E-state index in [1.54, 1.807) is 0 Å². The molecule has 0 radical (unpaired) electrons. The Morgan fingerprint density at radius 3 is 2.79 bits per heavy atom. The molecule has 0 aromatic heterocycles. The van der Waals surface area contributed by atoms with Crippen LogP contribution < -0.4 is 5.73 Å². The van der Waals surface area contributed by atoms with Crippen molar-refractivity contribution >= 4 is 5.84 Å². The first-order valence-corrected chi connectivity index (χ1v) is 6.98. The van der Waals surface area contributed by atoms with Crippen molar-refractivity contribution in [1.29, 1.82) is 0 Å². The zero-order chi connectivity index (χ0) is 13.7. The van der Waals surface area contributed by atoms with Crippen molar-refractivity contribution in [2.45, 2.75) is 44.7 Å². The number of nitrogens with zero attached hydrogens (tertiary/aromatic N) is 2. The van der Waals surface area contributed by atoms with E-state index >= 15 is 0 Å². The quantitative estimate of drug-likeness (QED) is 0.379. The lowest BCUT2D eigenvalue weighted by Crippen LogP contribution is -2.32. The monoisotopic (exact) mass is 261 g/mol. The number of amidine groups is 1. The van der Waals surface area contributed by atoms with Crippen LogP contribution in [0.2, 0.25) is 0 Å². The summed E-state index contributed by atoms with van der Waals surface area (Å²) in [5.41, 5.74) is 7.60. The fourth-order valence-corrected chi connectivity index (χ4v) is 2.83. The Balaban J connectivity index is 2.02. The third-order valence-corrected chi connectivity index (χ3v) is 3.96. The van der Waals surface area contributed by atoms with E-state index in [0.717, 1.165) is 12.1 Å². The van der Waals surface area contributed by atoms with Crippen LogP contribution in [0.4, 0.5) is 0 Å². The van der Waals surface area contributed by atoms with Gasteiger partial charge in [-0.05, 0) is 31.5 Å². The minimum absolute atomic E-state index is 0.169. The van der Waals surface area contributed by atoms with Crippen LogP contribution in [0.15, 0.2) is 29.4 Å². The van der Waals surface area contributed by atoms with Crippen LogP contribution in [-0.2, 0) is 6.54 Å². The van der Waals surface area contributed by atoms with Gasteiger partial charge in [0.1, 0.15) is 0 Å². The molecular formula is C15H23N3O. The normalized spacial score (nSPS) is 17.9. The number of benzene rings is 1. The van der Waals surface area contributed by atoms with Gasteiger partial charge < -0.3 is 10.9 Å². The van der Waals surface area contributed by atoms with Gasteiger partial charge in [-0.1, -0.05) is 42.6 Å². The molecule has 19 heavy (non-hydrogen) atoms. The molecule has 1 aromatic rings. The molecule has 0 atom stereocenters. The molecule has 0 aliphatic heterocycles. The Kier molecular flexibility index (Phi) is 4.80. The van der Waals surface area contributed by atoms with Crippen molar-refractivity contribution in [2.75, 3.05) is 7.05 Å². The minimum atomic E-state index is 0.169. The topological polar surface area (TPSA) is 61.8 Å². The molecule has 1 saturated carbocycles. The van der Waals surface area contributed by atoms with Gasteiger partial charge in [-0.15, -0.1) is 0 Å². The smallest absolute Gasteiger partial charge is 0.170 e. The fourth-order valence-electron chi connectivity index (χ4n) is 2.83. The number of hydrogen-bond donors (Lipinski definition) is 2. The van der Waals surface area contributed by atoms with Crippen LogP contribution in [0, 0.1) is 0 Å². The first-order chi connectivity index (χ1) is 9.20. The van der Waals surface area contributed by atoms with E-state index in [4.69, 9.17) is 10.9 Å². The molecule has 4 nitrogen and oxygen atoms in total. The molecule has 0 unspecified atom stereocenters. The molecule has 0 heterocycles. The molecule has 3 N–H and O–H groups in total. The third kappa shape index (κ3) is 3.70. The van der Waals surface area contributed by atoms with E-state index in [9.17, 15) is 0 Å². The van der Waals surface area contributed by atoms with Gasteiger partial charge in [0.05, 0.1) is 0 Å². The lowest BCUT2D eigenvalue weighted by molar-refractivity contribution is 0.184. The van der Waals surface area contributed by atoms with E-state index in [-0.39, 0.29) is 5.84 Å². The first-order valence-electron chi connectivity index (χ1n) is 6.98. The highest BCUT2D eigenvalue weighted by Gasteiger charge is 2.17. The molecule has 1 aliphatic carbocycles. The number of oxime groups is 1. The second-order valence-corrected chi connectivity index (χ2v) is 5.39. The van der Waals surface area contributed by atoms with Gasteiger partial charge in [-0.25, -0.2) is 0 Å². The zero-order valence-electron chi connectivity index (χ0n) is 11.5. The van der Waals surface area contributed by atoms with Crippen molar-refractivity contribution in [2.24, 2.45) is 10.9 Å². The predicted molar refractivity (Wildman–Crippen MR) is 77.3 cm³/mol. The van der Waals surface area contributed by atoms with E-state index in [0.29, 0.717) is 6.04 Å². The highest BCUT2D eigenvalue weighted by Crippen LogP contribution is 2.23. The summed E-state index contributed by atoms with van der Waals surface area (Å²) in [6.07, 6.45) is 6.68. The van der Waals surface area contributed by atoms with Gasteiger partial charge in [0.2, 0.25) is 0 Å². The second-order valence-electron chi connectivity index (χ2n) is 5.39. The Labute approximate surface area is 114 Å². The van der Waals surface area contributed by atoms with Crippen LogP contribution in [0.3, 0.4) is 0 Å². The van der Waals surface area contributed by atoms with Crippen LogP contribution in [-0.4, -0.2) is 29.0 Å². The predicted octanol–water partition coefficient (Wildman–Crippen LogP) is 2.55.